The molecule has 16 heavy (non-hydrogen) atoms. The molecule has 0 spiro atoms. The molecule has 4 heteroatoms. The highest BCUT2D eigenvalue weighted by Crippen LogP contribution is 2.13. The van der Waals surface area contributed by atoms with Crippen molar-refractivity contribution in [2.24, 2.45) is 5.41 Å². The maximum atomic E-state index is 10.8. The number of aliphatic carboxylic acids is 1. The molecule has 0 atom stereocenters. The number of furan rings is 1. The Morgan fingerprint density at radius 1 is 1.50 bits per heavy atom. The topological polar surface area (TPSA) is 62.5 Å². The second-order valence-electron chi connectivity index (χ2n) is 4.63. The first-order chi connectivity index (χ1) is 7.42. The lowest BCUT2D eigenvalue weighted by molar-refractivity contribution is -0.146. The van der Waals surface area contributed by atoms with Crippen molar-refractivity contribution in [3.63, 3.8) is 0 Å². The van der Waals surface area contributed by atoms with Gasteiger partial charge >= 0.3 is 5.97 Å². The van der Waals surface area contributed by atoms with Gasteiger partial charge in [-0.05, 0) is 32.9 Å². The number of rotatable bonds is 6. The zero-order valence-corrected chi connectivity index (χ0v) is 10.0. The standard InChI is InChI=1S/C12H19NO3/c1-9-4-5-10(16-9)6-7-13-8-12(2,3)11(14)15/h4-5,13H,6-8H2,1-3H3,(H,14,15). The van der Waals surface area contributed by atoms with Gasteiger partial charge < -0.3 is 14.8 Å². The van der Waals surface area contributed by atoms with Crippen molar-refractivity contribution < 1.29 is 14.3 Å². The first-order valence-electron chi connectivity index (χ1n) is 5.41. The van der Waals surface area contributed by atoms with Gasteiger partial charge in [0.1, 0.15) is 11.5 Å². The largest absolute Gasteiger partial charge is 0.481 e. The lowest BCUT2D eigenvalue weighted by Gasteiger charge is -2.19. The van der Waals surface area contributed by atoms with Crippen LogP contribution < -0.4 is 5.32 Å². The van der Waals surface area contributed by atoms with Gasteiger partial charge in [-0.25, -0.2) is 0 Å². The molecule has 0 bridgehead atoms. The van der Waals surface area contributed by atoms with Crippen molar-refractivity contribution in [3.05, 3.63) is 23.7 Å². The van der Waals surface area contributed by atoms with Gasteiger partial charge in [-0.3, -0.25) is 4.79 Å². The lowest BCUT2D eigenvalue weighted by Crippen LogP contribution is -2.36. The molecule has 0 amide bonds. The third-order valence-electron chi connectivity index (χ3n) is 2.49. The monoisotopic (exact) mass is 225 g/mol. The highest BCUT2D eigenvalue weighted by atomic mass is 16.4. The molecule has 0 aliphatic heterocycles. The summed E-state index contributed by atoms with van der Waals surface area (Å²) in [5, 5.41) is 12.0. The molecule has 0 fully saturated rings. The fourth-order valence-electron chi connectivity index (χ4n) is 1.31. The molecule has 2 N–H and O–H groups in total. The molecule has 4 nitrogen and oxygen atoms in total. The van der Waals surface area contributed by atoms with Gasteiger partial charge in [0, 0.05) is 19.5 Å². The first kappa shape index (κ1) is 12.8. The van der Waals surface area contributed by atoms with E-state index in [0.717, 1.165) is 24.5 Å². The first-order valence-corrected chi connectivity index (χ1v) is 5.41. The Hall–Kier alpha value is -1.29. The normalized spacial score (nSPS) is 11.7. The Balaban J connectivity index is 2.24. The molecular weight excluding hydrogens is 206 g/mol. The molecule has 1 heterocycles. The summed E-state index contributed by atoms with van der Waals surface area (Å²) in [7, 11) is 0. The van der Waals surface area contributed by atoms with Gasteiger partial charge in [0.2, 0.25) is 0 Å². The second-order valence-corrected chi connectivity index (χ2v) is 4.63. The zero-order valence-electron chi connectivity index (χ0n) is 10.0. The van der Waals surface area contributed by atoms with Gasteiger partial charge in [-0.2, -0.15) is 0 Å². The van der Waals surface area contributed by atoms with E-state index in [-0.39, 0.29) is 0 Å². The van der Waals surface area contributed by atoms with E-state index in [4.69, 9.17) is 9.52 Å². The van der Waals surface area contributed by atoms with E-state index in [1.807, 2.05) is 19.1 Å². The van der Waals surface area contributed by atoms with Crippen LogP contribution in [0.5, 0.6) is 0 Å². The van der Waals surface area contributed by atoms with Crippen LogP contribution in [0, 0.1) is 12.3 Å². The average molecular weight is 225 g/mol. The predicted octanol–water partition coefficient (Wildman–Crippen LogP) is 1.83. The van der Waals surface area contributed by atoms with Crippen molar-refractivity contribution in [2.45, 2.75) is 27.2 Å². The maximum Gasteiger partial charge on any atom is 0.310 e. The zero-order chi connectivity index (χ0) is 12.2. The number of aryl methyl sites for hydroxylation is 1. The van der Waals surface area contributed by atoms with E-state index < -0.39 is 11.4 Å². The van der Waals surface area contributed by atoms with Crippen LogP contribution in [0.2, 0.25) is 0 Å². The van der Waals surface area contributed by atoms with Crippen LogP contribution in [0.3, 0.4) is 0 Å². The molecule has 1 aromatic heterocycles. The summed E-state index contributed by atoms with van der Waals surface area (Å²) in [5.74, 6) is 1.05. The van der Waals surface area contributed by atoms with Crippen LogP contribution >= 0.6 is 0 Å². The summed E-state index contributed by atoms with van der Waals surface area (Å²) >= 11 is 0. The van der Waals surface area contributed by atoms with Crippen LogP contribution in [0.4, 0.5) is 0 Å². The number of carbonyl (C=O) groups is 1. The van der Waals surface area contributed by atoms with Crippen molar-refractivity contribution in [1.29, 1.82) is 0 Å². The SMILES string of the molecule is Cc1ccc(CCNCC(C)(C)C(=O)O)o1. The van der Waals surface area contributed by atoms with Gasteiger partial charge in [-0.1, -0.05) is 0 Å². The molecule has 0 saturated carbocycles. The Morgan fingerprint density at radius 2 is 2.19 bits per heavy atom. The minimum Gasteiger partial charge on any atom is -0.481 e. The number of carboxylic acid groups (broad SMARTS) is 1. The van der Waals surface area contributed by atoms with Crippen LogP contribution in [0.25, 0.3) is 0 Å². The summed E-state index contributed by atoms with van der Waals surface area (Å²) < 4.78 is 5.41. The lowest BCUT2D eigenvalue weighted by atomic mass is 9.94. The molecule has 0 aromatic carbocycles. The van der Waals surface area contributed by atoms with Crippen LogP contribution in [-0.4, -0.2) is 24.2 Å². The van der Waals surface area contributed by atoms with Gasteiger partial charge in [-0.15, -0.1) is 0 Å². The van der Waals surface area contributed by atoms with E-state index in [0.29, 0.717) is 6.54 Å². The maximum absolute atomic E-state index is 10.8. The molecule has 0 aliphatic carbocycles. The number of hydrogen-bond acceptors (Lipinski definition) is 3. The molecular formula is C12H19NO3. The molecule has 0 unspecified atom stereocenters. The van der Waals surface area contributed by atoms with Crippen LogP contribution in [0.1, 0.15) is 25.4 Å². The van der Waals surface area contributed by atoms with E-state index in [1.54, 1.807) is 13.8 Å². The summed E-state index contributed by atoms with van der Waals surface area (Å²) in [5.41, 5.74) is -0.723. The van der Waals surface area contributed by atoms with E-state index in [2.05, 4.69) is 5.32 Å². The number of hydrogen-bond donors (Lipinski definition) is 2. The average Bonchev–Trinajstić information content (AvgIpc) is 2.59. The molecule has 0 saturated heterocycles. The summed E-state index contributed by atoms with van der Waals surface area (Å²) in [4.78, 5) is 10.8. The molecule has 1 rings (SSSR count). The Morgan fingerprint density at radius 3 is 2.69 bits per heavy atom. The van der Waals surface area contributed by atoms with Gasteiger partial charge in [0.05, 0.1) is 5.41 Å². The third kappa shape index (κ3) is 3.70. The quantitative estimate of drug-likeness (QED) is 0.725. The van der Waals surface area contributed by atoms with E-state index in [1.165, 1.54) is 0 Å². The highest BCUT2D eigenvalue weighted by molar-refractivity contribution is 5.73. The number of nitrogens with one attached hydrogen (secondary N) is 1. The second kappa shape index (κ2) is 5.16. The minimum atomic E-state index is -0.783. The highest BCUT2D eigenvalue weighted by Gasteiger charge is 2.26. The van der Waals surface area contributed by atoms with Crippen molar-refractivity contribution in [2.75, 3.05) is 13.1 Å². The summed E-state index contributed by atoms with van der Waals surface area (Å²) in [6.07, 6.45) is 0.781. The fraction of sp³-hybridized carbons (Fsp3) is 0.583. The Bertz CT molecular complexity index is 355. The van der Waals surface area contributed by atoms with Gasteiger partial charge in [0.15, 0.2) is 0 Å². The Kier molecular flexibility index (Phi) is 4.12. The minimum absolute atomic E-state index is 0.460. The number of carboxylic acids is 1. The summed E-state index contributed by atoms with van der Waals surface area (Å²) in [6.45, 7) is 6.51. The smallest absolute Gasteiger partial charge is 0.310 e. The predicted molar refractivity (Wildman–Crippen MR) is 61.4 cm³/mol. The Labute approximate surface area is 95.7 Å². The fourth-order valence-corrected chi connectivity index (χ4v) is 1.31. The van der Waals surface area contributed by atoms with Crippen LogP contribution in [0.15, 0.2) is 16.5 Å². The van der Waals surface area contributed by atoms with Crippen LogP contribution in [-0.2, 0) is 11.2 Å². The molecule has 0 radical (unpaired) electrons. The van der Waals surface area contributed by atoms with Crippen molar-refractivity contribution in [3.8, 4) is 0 Å². The molecule has 1 aromatic rings. The molecule has 90 valence electrons. The van der Waals surface area contributed by atoms with E-state index >= 15 is 0 Å². The van der Waals surface area contributed by atoms with Crippen molar-refractivity contribution in [1.82, 2.24) is 5.32 Å². The van der Waals surface area contributed by atoms with Crippen molar-refractivity contribution >= 4 is 5.97 Å². The van der Waals surface area contributed by atoms with E-state index in [9.17, 15) is 4.79 Å². The summed E-state index contributed by atoms with van der Waals surface area (Å²) in [6, 6.07) is 3.87. The molecule has 0 aliphatic rings. The third-order valence-corrected chi connectivity index (χ3v) is 2.49. The van der Waals surface area contributed by atoms with Gasteiger partial charge in [0.25, 0.3) is 0 Å².